The topological polar surface area (TPSA) is 70.1 Å². The number of hydrogen-bond donors (Lipinski definition) is 0. The van der Waals surface area contributed by atoms with E-state index in [2.05, 4.69) is 45.3 Å². The summed E-state index contributed by atoms with van der Waals surface area (Å²) in [6.07, 6.45) is 3.24. The van der Waals surface area contributed by atoms with E-state index in [9.17, 15) is 5.26 Å². The molecule has 6 heteroatoms. The lowest BCUT2D eigenvalue weighted by atomic mass is 9.74. The molecule has 4 rings (SSSR count). The van der Waals surface area contributed by atoms with Crippen LogP contribution in [-0.2, 0) is 5.41 Å². The minimum absolute atomic E-state index is 0.405. The second-order valence-corrected chi connectivity index (χ2v) is 6.71. The summed E-state index contributed by atoms with van der Waals surface area (Å²) >= 11 is 0. The van der Waals surface area contributed by atoms with E-state index in [0.29, 0.717) is 0 Å². The molecular formula is C19H20N6. The van der Waals surface area contributed by atoms with Crippen LogP contribution in [0, 0.1) is 25.2 Å². The summed E-state index contributed by atoms with van der Waals surface area (Å²) in [6.45, 7) is 5.71. The Morgan fingerprint density at radius 2 is 1.84 bits per heavy atom. The number of anilines is 1. The van der Waals surface area contributed by atoms with Gasteiger partial charge in [0.2, 0.25) is 5.65 Å². The largest absolute Gasteiger partial charge is 0.368 e. The van der Waals surface area contributed by atoms with Gasteiger partial charge in [-0.2, -0.15) is 14.9 Å². The van der Waals surface area contributed by atoms with E-state index in [4.69, 9.17) is 0 Å². The van der Waals surface area contributed by atoms with E-state index < -0.39 is 5.41 Å². The average Bonchev–Trinajstić information content (AvgIpc) is 3.11. The third-order valence-corrected chi connectivity index (χ3v) is 5.37. The Bertz CT molecular complexity index is 945. The van der Waals surface area contributed by atoms with Crippen LogP contribution in [0.4, 0.5) is 5.69 Å². The van der Waals surface area contributed by atoms with Gasteiger partial charge < -0.3 is 4.90 Å². The Morgan fingerprint density at radius 1 is 1.12 bits per heavy atom. The van der Waals surface area contributed by atoms with Crippen molar-refractivity contribution in [2.75, 3.05) is 18.0 Å². The third-order valence-electron chi connectivity index (χ3n) is 5.37. The maximum absolute atomic E-state index is 9.88. The van der Waals surface area contributed by atoms with E-state index in [1.54, 1.807) is 10.8 Å². The van der Waals surface area contributed by atoms with Gasteiger partial charge >= 0.3 is 0 Å². The van der Waals surface area contributed by atoms with Crippen LogP contribution < -0.4 is 4.90 Å². The van der Waals surface area contributed by atoms with E-state index in [1.165, 1.54) is 0 Å². The monoisotopic (exact) mass is 332 g/mol. The van der Waals surface area contributed by atoms with E-state index in [0.717, 1.165) is 54.1 Å². The first-order chi connectivity index (χ1) is 12.1. The maximum atomic E-state index is 9.88. The molecule has 1 saturated heterocycles. The maximum Gasteiger partial charge on any atom is 0.201 e. The molecule has 6 nitrogen and oxygen atoms in total. The Kier molecular flexibility index (Phi) is 3.65. The van der Waals surface area contributed by atoms with Crippen molar-refractivity contribution >= 4 is 11.3 Å². The molecule has 1 fully saturated rings. The lowest BCUT2D eigenvalue weighted by molar-refractivity contribution is 0.415. The average molecular weight is 332 g/mol. The van der Waals surface area contributed by atoms with Crippen LogP contribution in [0.25, 0.3) is 5.65 Å². The highest BCUT2D eigenvalue weighted by molar-refractivity contribution is 5.73. The van der Waals surface area contributed by atoms with E-state index in [1.807, 2.05) is 25.1 Å². The Balaban J connectivity index is 1.68. The fourth-order valence-electron chi connectivity index (χ4n) is 3.75. The van der Waals surface area contributed by atoms with E-state index in [-0.39, 0.29) is 0 Å². The highest BCUT2D eigenvalue weighted by atomic mass is 15.4. The predicted molar refractivity (Wildman–Crippen MR) is 95.4 cm³/mol. The van der Waals surface area contributed by atoms with Crippen LogP contribution in [0.2, 0.25) is 0 Å². The van der Waals surface area contributed by atoms with E-state index >= 15 is 0 Å². The van der Waals surface area contributed by atoms with Crippen molar-refractivity contribution in [1.29, 1.82) is 5.26 Å². The summed E-state index contributed by atoms with van der Waals surface area (Å²) in [5.41, 5.74) is 4.69. The molecule has 126 valence electrons. The first-order valence-electron chi connectivity index (χ1n) is 8.53. The van der Waals surface area contributed by atoms with Crippen LogP contribution >= 0.6 is 0 Å². The van der Waals surface area contributed by atoms with Crippen molar-refractivity contribution in [3.8, 4) is 6.07 Å². The molecule has 1 aliphatic heterocycles. The number of rotatable bonds is 2. The fraction of sp³-hybridized carbons (Fsp3) is 0.368. The van der Waals surface area contributed by atoms with Gasteiger partial charge in [0.25, 0.3) is 0 Å². The molecule has 0 N–H and O–H groups in total. The molecule has 1 aromatic carbocycles. The fourth-order valence-corrected chi connectivity index (χ4v) is 3.75. The highest BCUT2D eigenvalue weighted by Gasteiger charge is 2.37. The third kappa shape index (κ3) is 2.43. The summed E-state index contributed by atoms with van der Waals surface area (Å²) in [5, 5.41) is 22.6. The molecule has 0 bridgehead atoms. The molecule has 3 aromatic rings. The van der Waals surface area contributed by atoms with Crippen molar-refractivity contribution in [2.24, 2.45) is 0 Å². The van der Waals surface area contributed by atoms with Crippen molar-refractivity contribution in [3.63, 3.8) is 0 Å². The number of benzene rings is 1. The number of aryl methyl sites for hydroxylation is 1. The van der Waals surface area contributed by atoms with Gasteiger partial charge in [0.05, 0.1) is 22.9 Å². The van der Waals surface area contributed by atoms with Crippen LogP contribution in [0.5, 0.6) is 0 Å². The first-order valence-corrected chi connectivity index (χ1v) is 8.53. The molecule has 0 amide bonds. The molecule has 3 heterocycles. The molecular weight excluding hydrogens is 312 g/mol. The zero-order valence-corrected chi connectivity index (χ0v) is 14.5. The SMILES string of the molecule is Cc1nn2cnnc2c(N2CCC(C#N)(c3ccccc3)CC2)c1C. The normalized spacial score (nSPS) is 16.8. The van der Waals surface area contributed by atoms with Gasteiger partial charge in [0.15, 0.2) is 0 Å². The van der Waals surface area contributed by atoms with Crippen LogP contribution in [0.15, 0.2) is 36.7 Å². The smallest absolute Gasteiger partial charge is 0.201 e. The molecule has 25 heavy (non-hydrogen) atoms. The van der Waals surface area contributed by atoms with Gasteiger partial charge in [-0.3, -0.25) is 0 Å². The summed E-state index contributed by atoms with van der Waals surface area (Å²) in [4.78, 5) is 2.33. The number of hydrogen-bond acceptors (Lipinski definition) is 5. The standard InChI is InChI=1S/C19H20N6/c1-14-15(2)23-25-13-21-22-18(25)17(14)24-10-8-19(12-20,9-11-24)16-6-4-3-5-7-16/h3-7,13H,8-11H2,1-2H3. The summed E-state index contributed by atoms with van der Waals surface area (Å²) < 4.78 is 1.74. The number of nitrogens with zero attached hydrogens (tertiary/aromatic N) is 6. The quantitative estimate of drug-likeness (QED) is 0.722. The van der Waals surface area contributed by atoms with Crippen molar-refractivity contribution in [3.05, 3.63) is 53.5 Å². The molecule has 0 radical (unpaired) electrons. The minimum atomic E-state index is -0.405. The predicted octanol–water partition coefficient (Wildman–Crippen LogP) is 2.80. The minimum Gasteiger partial charge on any atom is -0.368 e. The molecule has 0 saturated carbocycles. The molecule has 0 spiro atoms. The molecule has 0 unspecified atom stereocenters. The number of aromatic nitrogens is 4. The summed E-state index contributed by atoms with van der Waals surface area (Å²) in [6, 6.07) is 12.7. The number of fused-ring (bicyclic) bond motifs is 1. The molecule has 2 aromatic heterocycles. The lowest BCUT2D eigenvalue weighted by Gasteiger charge is -2.39. The summed E-state index contributed by atoms with van der Waals surface area (Å²) in [7, 11) is 0. The second kappa shape index (κ2) is 5.85. The van der Waals surface area contributed by atoms with Gasteiger partial charge in [-0.05, 0) is 37.8 Å². The van der Waals surface area contributed by atoms with Crippen molar-refractivity contribution in [1.82, 2.24) is 19.8 Å². The number of piperidine rings is 1. The zero-order chi connectivity index (χ0) is 17.4. The van der Waals surface area contributed by atoms with Gasteiger partial charge in [-0.25, -0.2) is 0 Å². The second-order valence-electron chi connectivity index (χ2n) is 6.71. The lowest BCUT2D eigenvalue weighted by Crippen LogP contribution is -2.42. The Morgan fingerprint density at radius 3 is 2.52 bits per heavy atom. The molecule has 1 aliphatic rings. The molecule has 0 atom stereocenters. The summed E-state index contributed by atoms with van der Waals surface area (Å²) in [5.74, 6) is 0. The van der Waals surface area contributed by atoms with Crippen molar-refractivity contribution < 1.29 is 0 Å². The highest BCUT2D eigenvalue weighted by Crippen LogP contribution is 2.38. The van der Waals surface area contributed by atoms with Gasteiger partial charge in [-0.15, -0.1) is 10.2 Å². The van der Waals surface area contributed by atoms with Gasteiger partial charge in [-0.1, -0.05) is 30.3 Å². The molecule has 0 aliphatic carbocycles. The van der Waals surface area contributed by atoms with Crippen LogP contribution in [0.3, 0.4) is 0 Å². The Hall–Kier alpha value is -2.94. The van der Waals surface area contributed by atoms with Crippen LogP contribution in [-0.4, -0.2) is 32.9 Å². The first kappa shape index (κ1) is 15.6. The van der Waals surface area contributed by atoms with Gasteiger partial charge in [0.1, 0.15) is 6.33 Å². The number of nitriles is 1. The zero-order valence-electron chi connectivity index (χ0n) is 14.5. The van der Waals surface area contributed by atoms with Gasteiger partial charge in [0, 0.05) is 13.1 Å². The van der Waals surface area contributed by atoms with Crippen LogP contribution in [0.1, 0.15) is 29.7 Å². The Labute approximate surface area is 146 Å². The van der Waals surface area contributed by atoms with Crippen molar-refractivity contribution in [2.45, 2.75) is 32.1 Å².